The zero-order chi connectivity index (χ0) is 34.5. The summed E-state index contributed by atoms with van der Waals surface area (Å²) in [5.74, 6) is -1.33. The SMILES string of the molecule is CN(CC1(C)CC1)c1cc2c(cc1C(=O)N[C@H]1CC[C@H](C(F)(F)F)CC1)nc(Nc1c(Cl)ccc(CNC(=O)C(C)(C)C)c1Cl)n2C. The maximum atomic E-state index is 13.7. The fraction of sp³-hybridized carbons (Fsp3) is 0.559. The van der Waals surface area contributed by atoms with Gasteiger partial charge >= 0.3 is 6.18 Å². The van der Waals surface area contributed by atoms with Crippen molar-refractivity contribution >= 4 is 63.4 Å². The van der Waals surface area contributed by atoms with Crippen LogP contribution in [0.25, 0.3) is 11.0 Å². The van der Waals surface area contributed by atoms with Crippen molar-refractivity contribution in [2.45, 2.75) is 85.0 Å². The van der Waals surface area contributed by atoms with Crippen LogP contribution in [0.3, 0.4) is 0 Å². The van der Waals surface area contributed by atoms with E-state index in [4.69, 9.17) is 28.2 Å². The Hall–Kier alpha value is -3.18. The molecule has 2 aliphatic carbocycles. The van der Waals surface area contributed by atoms with Gasteiger partial charge in [-0.2, -0.15) is 13.2 Å². The number of nitrogens with one attached hydrogen (secondary N) is 3. The van der Waals surface area contributed by atoms with Gasteiger partial charge in [0.1, 0.15) is 0 Å². The lowest BCUT2D eigenvalue weighted by Gasteiger charge is -2.31. The number of halogens is 5. The number of carbonyl (C=O) groups is 2. The number of amides is 2. The van der Waals surface area contributed by atoms with Crippen LogP contribution in [-0.4, -0.2) is 47.2 Å². The van der Waals surface area contributed by atoms with Gasteiger partial charge in [-0.05, 0) is 67.7 Å². The van der Waals surface area contributed by atoms with Gasteiger partial charge in [-0.1, -0.05) is 57.0 Å². The van der Waals surface area contributed by atoms with E-state index in [0.717, 1.165) is 24.9 Å². The van der Waals surface area contributed by atoms with Crippen molar-refractivity contribution in [1.82, 2.24) is 20.2 Å². The third kappa shape index (κ3) is 7.94. The molecule has 8 nitrogen and oxygen atoms in total. The Bertz CT molecular complexity index is 1670. The van der Waals surface area contributed by atoms with Crippen LogP contribution in [0.2, 0.25) is 10.0 Å². The molecule has 256 valence electrons. The van der Waals surface area contributed by atoms with Crippen molar-refractivity contribution in [2.24, 2.45) is 23.8 Å². The van der Waals surface area contributed by atoms with Gasteiger partial charge in [-0.15, -0.1) is 0 Å². The van der Waals surface area contributed by atoms with E-state index in [2.05, 4.69) is 27.8 Å². The van der Waals surface area contributed by atoms with Crippen LogP contribution >= 0.6 is 23.2 Å². The molecular formula is C34H43Cl2F3N6O2. The maximum absolute atomic E-state index is 13.7. The summed E-state index contributed by atoms with van der Waals surface area (Å²) in [5, 5.41) is 9.88. The van der Waals surface area contributed by atoms with Crippen LogP contribution in [0.5, 0.6) is 0 Å². The van der Waals surface area contributed by atoms with E-state index >= 15 is 0 Å². The highest BCUT2D eigenvalue weighted by molar-refractivity contribution is 6.39. The minimum absolute atomic E-state index is 0.00312. The van der Waals surface area contributed by atoms with Crippen LogP contribution in [-0.2, 0) is 18.4 Å². The summed E-state index contributed by atoms with van der Waals surface area (Å²) in [7, 11) is 3.80. The standard InChI is InChI=1S/C34H43Cl2F3N6O2/c1-32(2,3)30(47)40-17-19-7-12-23(35)28(27(19)36)43-31-42-24-15-22(29(46)41-21-10-8-20(9-11-21)34(37,38)39)25(16-26(24)45(31)6)44(5)18-33(4)13-14-33/h7,12,15-16,20-21H,8-11,13-14,17-18H2,1-6H3,(H,40,47)(H,41,46)(H,42,43)/t20-,21-. The topological polar surface area (TPSA) is 91.3 Å². The number of aromatic nitrogens is 2. The normalized spacial score (nSPS) is 19.4. The number of imidazole rings is 1. The summed E-state index contributed by atoms with van der Waals surface area (Å²) < 4.78 is 41.5. The Morgan fingerprint density at radius 2 is 1.74 bits per heavy atom. The van der Waals surface area contributed by atoms with Gasteiger partial charge in [-0.25, -0.2) is 4.98 Å². The van der Waals surface area contributed by atoms with Crippen molar-refractivity contribution in [3.05, 3.63) is 45.4 Å². The molecule has 0 radical (unpaired) electrons. The van der Waals surface area contributed by atoms with Crippen LogP contribution in [0.1, 0.15) is 82.1 Å². The first-order chi connectivity index (χ1) is 21.9. The molecule has 2 fully saturated rings. The molecule has 47 heavy (non-hydrogen) atoms. The second kappa shape index (κ2) is 13.0. The summed E-state index contributed by atoms with van der Waals surface area (Å²) in [6.45, 7) is 8.67. The number of hydrogen-bond acceptors (Lipinski definition) is 5. The summed E-state index contributed by atoms with van der Waals surface area (Å²) >= 11 is 13.4. The predicted molar refractivity (Wildman–Crippen MR) is 182 cm³/mol. The molecule has 0 saturated heterocycles. The van der Waals surface area contributed by atoms with Gasteiger partial charge in [0.25, 0.3) is 5.91 Å². The fourth-order valence-corrected chi connectivity index (χ4v) is 6.63. The Morgan fingerprint density at radius 3 is 2.34 bits per heavy atom. The molecule has 13 heteroatoms. The van der Waals surface area contributed by atoms with E-state index in [0.29, 0.717) is 44.0 Å². The van der Waals surface area contributed by atoms with E-state index in [1.54, 1.807) is 18.2 Å². The minimum atomic E-state index is -4.21. The number of rotatable bonds is 9. The second-order valence-electron chi connectivity index (χ2n) is 14.5. The monoisotopic (exact) mass is 694 g/mol. The molecule has 0 aliphatic heterocycles. The molecule has 2 amide bonds. The first-order valence-corrected chi connectivity index (χ1v) is 16.7. The molecule has 0 bridgehead atoms. The zero-order valence-corrected chi connectivity index (χ0v) is 29.2. The summed E-state index contributed by atoms with van der Waals surface area (Å²) in [4.78, 5) is 33.0. The van der Waals surface area contributed by atoms with Gasteiger partial charge in [-0.3, -0.25) is 9.59 Å². The van der Waals surface area contributed by atoms with E-state index < -0.39 is 17.5 Å². The number of benzene rings is 2. The fourth-order valence-electron chi connectivity index (χ4n) is 6.09. The smallest absolute Gasteiger partial charge is 0.373 e. The highest BCUT2D eigenvalue weighted by atomic mass is 35.5. The van der Waals surface area contributed by atoms with Crippen molar-refractivity contribution in [3.63, 3.8) is 0 Å². The molecule has 5 rings (SSSR count). The van der Waals surface area contributed by atoms with E-state index in [1.807, 2.05) is 45.5 Å². The number of nitrogens with zero attached hydrogens (tertiary/aromatic N) is 3. The lowest BCUT2D eigenvalue weighted by molar-refractivity contribution is -0.182. The van der Waals surface area contributed by atoms with E-state index in [9.17, 15) is 22.8 Å². The minimum Gasteiger partial charge on any atom is -0.373 e. The lowest BCUT2D eigenvalue weighted by Crippen LogP contribution is -2.40. The number of anilines is 3. The number of fused-ring (bicyclic) bond motifs is 1. The second-order valence-corrected chi connectivity index (χ2v) is 15.3. The Balaban J connectivity index is 1.43. The molecule has 2 aliphatic rings. The van der Waals surface area contributed by atoms with Gasteiger partial charge in [0.2, 0.25) is 11.9 Å². The number of aryl methyl sites for hydroxylation is 1. The zero-order valence-electron chi connectivity index (χ0n) is 27.7. The molecule has 1 heterocycles. The van der Waals surface area contributed by atoms with Crippen molar-refractivity contribution in [3.8, 4) is 0 Å². The van der Waals surface area contributed by atoms with Crippen LogP contribution in [0.4, 0.5) is 30.5 Å². The predicted octanol–water partition coefficient (Wildman–Crippen LogP) is 8.37. The van der Waals surface area contributed by atoms with Crippen molar-refractivity contribution < 1.29 is 22.8 Å². The molecule has 0 spiro atoms. The molecule has 3 N–H and O–H groups in total. The Morgan fingerprint density at radius 1 is 1.09 bits per heavy atom. The number of alkyl halides is 3. The quantitative estimate of drug-likeness (QED) is 0.209. The maximum Gasteiger partial charge on any atom is 0.391 e. The van der Waals surface area contributed by atoms with Crippen molar-refractivity contribution in [2.75, 3.05) is 23.8 Å². The summed E-state index contributed by atoms with van der Waals surface area (Å²) in [5.41, 5.74) is 3.16. The van der Waals surface area contributed by atoms with Crippen LogP contribution < -0.4 is 20.9 Å². The highest BCUT2D eigenvalue weighted by Crippen LogP contribution is 2.46. The third-order valence-electron chi connectivity index (χ3n) is 9.43. The Labute approximate surface area is 283 Å². The van der Waals surface area contributed by atoms with E-state index in [1.165, 1.54) is 0 Å². The van der Waals surface area contributed by atoms with Gasteiger partial charge < -0.3 is 25.4 Å². The van der Waals surface area contributed by atoms with E-state index in [-0.39, 0.29) is 55.5 Å². The average molecular weight is 696 g/mol. The number of hydrogen-bond donors (Lipinski definition) is 3. The molecule has 0 atom stereocenters. The lowest BCUT2D eigenvalue weighted by atomic mass is 9.85. The van der Waals surface area contributed by atoms with Crippen LogP contribution in [0, 0.1) is 16.7 Å². The largest absolute Gasteiger partial charge is 0.391 e. The molecule has 2 saturated carbocycles. The van der Waals surface area contributed by atoms with Gasteiger partial charge in [0, 0.05) is 38.6 Å². The molecule has 2 aromatic carbocycles. The number of carbonyl (C=O) groups excluding carboxylic acids is 2. The van der Waals surface area contributed by atoms with Gasteiger partial charge in [0.15, 0.2) is 0 Å². The Kier molecular flexibility index (Phi) is 9.74. The average Bonchev–Trinajstić information content (AvgIpc) is 3.63. The first kappa shape index (κ1) is 35.1. The van der Waals surface area contributed by atoms with Crippen LogP contribution in [0.15, 0.2) is 24.3 Å². The third-order valence-corrected chi connectivity index (χ3v) is 10.2. The molecule has 0 unspecified atom stereocenters. The first-order valence-electron chi connectivity index (χ1n) is 16.0. The molecular weight excluding hydrogens is 652 g/mol. The molecule has 1 aromatic heterocycles. The van der Waals surface area contributed by atoms with Gasteiger partial charge in [0.05, 0.1) is 43.9 Å². The summed E-state index contributed by atoms with van der Waals surface area (Å²) in [6, 6.07) is 6.79. The molecule has 3 aromatic rings. The summed E-state index contributed by atoms with van der Waals surface area (Å²) in [6.07, 6.45) is -1.45. The highest BCUT2D eigenvalue weighted by Gasteiger charge is 2.42. The van der Waals surface area contributed by atoms with Crippen molar-refractivity contribution in [1.29, 1.82) is 0 Å².